The Morgan fingerprint density at radius 1 is 1.28 bits per heavy atom. The van der Waals surface area contributed by atoms with E-state index in [1.54, 1.807) is 25.6 Å². The minimum Gasteiger partial charge on any atom is -0.480 e. The normalized spacial score (nSPS) is 19.5. The van der Waals surface area contributed by atoms with Gasteiger partial charge in [-0.15, -0.1) is 0 Å². The smallest absolute Gasteiger partial charge is 0.326 e. The van der Waals surface area contributed by atoms with Crippen LogP contribution in [0.4, 0.5) is 0 Å². The van der Waals surface area contributed by atoms with E-state index in [-0.39, 0.29) is 17.6 Å². The molecule has 0 aromatic rings. The van der Waals surface area contributed by atoms with E-state index in [1.807, 2.05) is 6.26 Å². The van der Waals surface area contributed by atoms with Crippen LogP contribution in [0, 0.1) is 5.92 Å². The number of nitrogens with zero attached hydrogens (tertiary/aromatic N) is 1. The molecule has 0 aromatic carbocycles. The summed E-state index contributed by atoms with van der Waals surface area (Å²) in [6, 6.07) is -3.43. The molecule has 1 aliphatic rings. The van der Waals surface area contributed by atoms with Crippen molar-refractivity contribution in [1.29, 1.82) is 0 Å². The monoisotopic (exact) mass is 448 g/mol. The topological polar surface area (TPSA) is 142 Å². The van der Waals surface area contributed by atoms with Crippen LogP contribution in [0.5, 0.6) is 0 Å². The van der Waals surface area contributed by atoms with Crippen molar-refractivity contribution in [3.63, 3.8) is 0 Å². The van der Waals surface area contributed by atoms with Crippen molar-refractivity contribution in [2.45, 2.75) is 57.3 Å². The average Bonchev–Trinajstić information content (AvgIpc) is 3.16. The molecule has 4 atom stereocenters. The first kappa shape index (κ1) is 25.6. The van der Waals surface area contributed by atoms with Crippen LogP contribution in [0.15, 0.2) is 0 Å². The predicted molar refractivity (Wildman–Crippen MR) is 116 cm³/mol. The Bertz CT molecular complexity index is 605. The van der Waals surface area contributed by atoms with Crippen molar-refractivity contribution in [2.75, 3.05) is 24.3 Å². The number of amides is 3. The van der Waals surface area contributed by atoms with E-state index in [9.17, 15) is 24.3 Å². The van der Waals surface area contributed by atoms with Gasteiger partial charge in [-0.25, -0.2) is 4.79 Å². The number of nitrogens with two attached hydrogens (primary N) is 1. The van der Waals surface area contributed by atoms with E-state index in [2.05, 4.69) is 23.3 Å². The molecule has 1 rings (SSSR count). The van der Waals surface area contributed by atoms with Crippen molar-refractivity contribution >= 4 is 48.1 Å². The molecule has 0 aromatic heterocycles. The maximum atomic E-state index is 12.7. The highest BCUT2D eigenvalue weighted by Gasteiger charge is 2.37. The van der Waals surface area contributed by atoms with Gasteiger partial charge in [0.15, 0.2) is 0 Å². The van der Waals surface area contributed by atoms with Gasteiger partial charge in [-0.3, -0.25) is 14.4 Å². The number of thioether (sulfide) groups is 1. The van der Waals surface area contributed by atoms with Gasteiger partial charge in [0.2, 0.25) is 17.7 Å². The number of likely N-dealkylation sites (tertiary alicyclic amines) is 1. The maximum Gasteiger partial charge on any atom is 0.326 e. The number of carbonyl (C=O) groups is 4. The first-order valence-corrected chi connectivity index (χ1v) is 11.7. The molecule has 9 nitrogen and oxygen atoms in total. The fraction of sp³-hybridized carbons (Fsp3) is 0.778. The summed E-state index contributed by atoms with van der Waals surface area (Å²) in [5, 5.41) is 14.3. The first-order valence-electron chi connectivity index (χ1n) is 9.63. The lowest BCUT2D eigenvalue weighted by molar-refractivity contribution is -0.144. The number of nitrogens with one attached hydrogen (secondary N) is 2. The van der Waals surface area contributed by atoms with Crippen molar-refractivity contribution < 1.29 is 24.3 Å². The molecule has 1 fully saturated rings. The van der Waals surface area contributed by atoms with E-state index >= 15 is 0 Å². The quantitative estimate of drug-likeness (QED) is 0.273. The summed E-state index contributed by atoms with van der Waals surface area (Å²) in [7, 11) is 0. The molecule has 4 unspecified atom stereocenters. The lowest BCUT2D eigenvalue weighted by Gasteiger charge is -2.28. The highest BCUT2D eigenvalue weighted by Crippen LogP contribution is 2.19. The third kappa shape index (κ3) is 7.38. The largest absolute Gasteiger partial charge is 0.480 e. The van der Waals surface area contributed by atoms with Crippen LogP contribution in [0.3, 0.4) is 0 Å². The fourth-order valence-electron chi connectivity index (χ4n) is 3.11. The molecular weight excluding hydrogens is 416 g/mol. The second kappa shape index (κ2) is 12.3. The number of rotatable bonds is 11. The van der Waals surface area contributed by atoms with E-state index in [0.717, 1.165) is 5.75 Å². The number of hydrogen-bond acceptors (Lipinski definition) is 7. The van der Waals surface area contributed by atoms with E-state index < -0.39 is 42.0 Å². The van der Waals surface area contributed by atoms with Crippen molar-refractivity contribution in [3.8, 4) is 0 Å². The Balaban J connectivity index is 2.76. The fourth-order valence-corrected chi connectivity index (χ4v) is 3.86. The van der Waals surface area contributed by atoms with E-state index in [4.69, 9.17) is 5.73 Å². The van der Waals surface area contributed by atoms with Gasteiger partial charge >= 0.3 is 5.97 Å². The van der Waals surface area contributed by atoms with Crippen LogP contribution in [0.1, 0.15) is 33.1 Å². The van der Waals surface area contributed by atoms with Crippen molar-refractivity contribution in [1.82, 2.24) is 15.5 Å². The summed E-state index contributed by atoms with van der Waals surface area (Å²) in [5.74, 6) is -2.08. The van der Waals surface area contributed by atoms with Crippen LogP contribution in [-0.2, 0) is 19.2 Å². The van der Waals surface area contributed by atoms with Crippen LogP contribution in [-0.4, -0.2) is 82.2 Å². The van der Waals surface area contributed by atoms with Crippen LogP contribution in [0.25, 0.3) is 0 Å². The Morgan fingerprint density at radius 3 is 2.45 bits per heavy atom. The van der Waals surface area contributed by atoms with Crippen LogP contribution < -0.4 is 16.4 Å². The SMILES string of the molecule is CSCCC(N)C(=O)N1CCCC1C(=O)NC(CS)C(=O)NC(C(=O)O)C(C)C. The van der Waals surface area contributed by atoms with Gasteiger partial charge in [0.05, 0.1) is 6.04 Å². The van der Waals surface area contributed by atoms with E-state index in [1.165, 1.54) is 4.90 Å². The molecule has 3 amide bonds. The second-order valence-electron chi connectivity index (χ2n) is 7.39. The molecule has 1 heterocycles. The molecule has 1 aliphatic heterocycles. The molecule has 29 heavy (non-hydrogen) atoms. The molecule has 0 saturated carbocycles. The maximum absolute atomic E-state index is 12.7. The number of carboxylic acid groups (broad SMARTS) is 1. The molecule has 5 N–H and O–H groups in total. The number of carbonyl (C=O) groups excluding carboxylic acids is 3. The summed E-state index contributed by atoms with van der Waals surface area (Å²) < 4.78 is 0. The van der Waals surface area contributed by atoms with Gasteiger partial charge in [0.25, 0.3) is 0 Å². The van der Waals surface area contributed by atoms with Crippen molar-refractivity contribution in [3.05, 3.63) is 0 Å². The Kier molecular flexibility index (Phi) is 10.8. The molecule has 0 bridgehead atoms. The summed E-state index contributed by atoms with van der Waals surface area (Å²) >= 11 is 5.70. The minimum absolute atomic E-state index is 0.00406. The summed E-state index contributed by atoms with van der Waals surface area (Å²) in [5.41, 5.74) is 5.96. The second-order valence-corrected chi connectivity index (χ2v) is 8.74. The third-order valence-corrected chi connectivity index (χ3v) is 5.84. The lowest BCUT2D eigenvalue weighted by Crippen LogP contribution is -2.57. The first-order chi connectivity index (χ1) is 13.6. The summed E-state index contributed by atoms with van der Waals surface area (Å²) in [6.07, 6.45) is 3.61. The van der Waals surface area contributed by atoms with Gasteiger partial charge in [0, 0.05) is 12.3 Å². The van der Waals surface area contributed by atoms with Gasteiger partial charge in [-0.2, -0.15) is 24.4 Å². The van der Waals surface area contributed by atoms with Gasteiger partial charge < -0.3 is 26.4 Å². The molecule has 166 valence electrons. The highest BCUT2D eigenvalue weighted by atomic mass is 32.2. The Hall–Kier alpha value is -1.46. The minimum atomic E-state index is -1.15. The molecule has 1 saturated heterocycles. The Labute approximate surface area is 181 Å². The zero-order chi connectivity index (χ0) is 22.1. The van der Waals surface area contributed by atoms with Gasteiger partial charge in [-0.05, 0) is 37.2 Å². The third-order valence-electron chi connectivity index (χ3n) is 4.83. The lowest BCUT2D eigenvalue weighted by atomic mass is 10.0. The highest BCUT2D eigenvalue weighted by molar-refractivity contribution is 7.98. The predicted octanol–water partition coefficient (Wildman–Crippen LogP) is -0.302. The molecule has 0 aliphatic carbocycles. The van der Waals surface area contributed by atoms with Crippen molar-refractivity contribution in [2.24, 2.45) is 11.7 Å². The number of hydrogen-bond donors (Lipinski definition) is 5. The Morgan fingerprint density at radius 2 is 1.93 bits per heavy atom. The average molecular weight is 449 g/mol. The van der Waals surface area contributed by atoms with Crippen LogP contribution in [0.2, 0.25) is 0 Å². The number of thiol groups is 1. The summed E-state index contributed by atoms with van der Waals surface area (Å²) in [6.45, 7) is 3.79. The summed E-state index contributed by atoms with van der Waals surface area (Å²) in [4.78, 5) is 50.6. The zero-order valence-corrected chi connectivity index (χ0v) is 18.8. The number of aliphatic carboxylic acids is 1. The molecule has 0 spiro atoms. The molecule has 11 heteroatoms. The standard InChI is InChI=1S/C18H32N4O5S2/c1-10(2)14(18(26)27)21-15(23)12(9-28)20-16(24)13-5-4-7-22(13)17(25)11(19)6-8-29-3/h10-14,28H,4-9,19H2,1-3H3,(H,20,24)(H,21,23)(H,26,27). The van der Waals surface area contributed by atoms with Gasteiger partial charge in [0.1, 0.15) is 18.1 Å². The molecular formula is C18H32N4O5S2. The van der Waals surface area contributed by atoms with E-state index in [0.29, 0.717) is 25.8 Å². The van der Waals surface area contributed by atoms with Gasteiger partial charge in [-0.1, -0.05) is 13.8 Å². The van der Waals surface area contributed by atoms with Crippen LogP contribution >= 0.6 is 24.4 Å². The number of carboxylic acids is 1. The zero-order valence-electron chi connectivity index (χ0n) is 17.1. The molecule has 0 radical (unpaired) electrons.